The van der Waals surface area contributed by atoms with Crippen LogP contribution in [0.5, 0.6) is 0 Å². The van der Waals surface area contributed by atoms with Crippen molar-refractivity contribution in [2.45, 2.75) is 125 Å². The molecule has 0 saturated carbocycles. The van der Waals surface area contributed by atoms with Crippen molar-refractivity contribution in [1.29, 1.82) is 0 Å². The van der Waals surface area contributed by atoms with Crippen LogP contribution < -0.4 is 0 Å². The Labute approximate surface area is 297 Å². The third-order valence-electron chi connectivity index (χ3n) is 10.8. The number of cyclic esters (lactones) is 1. The minimum Gasteiger partial charge on any atom is -0.457 e. The van der Waals surface area contributed by atoms with E-state index >= 15 is 0 Å². The zero-order valence-corrected chi connectivity index (χ0v) is 31.4. The van der Waals surface area contributed by atoms with Crippen molar-refractivity contribution in [2.75, 3.05) is 0 Å². The first-order valence-corrected chi connectivity index (χ1v) is 18.0. The van der Waals surface area contributed by atoms with Gasteiger partial charge in [0.2, 0.25) is 0 Å². The Hall–Kier alpha value is -3.63. The maximum absolute atomic E-state index is 14.3. The van der Waals surface area contributed by atoms with Gasteiger partial charge in [-0.2, -0.15) is 0 Å². The Morgan fingerprint density at radius 3 is 2.34 bits per heavy atom. The molecule has 2 aliphatic rings. The highest BCUT2D eigenvalue weighted by atomic mass is 16.7. The lowest BCUT2D eigenvalue weighted by Crippen LogP contribution is -2.52. The van der Waals surface area contributed by atoms with Crippen molar-refractivity contribution in [3.63, 3.8) is 0 Å². The summed E-state index contributed by atoms with van der Waals surface area (Å²) in [6.45, 7) is 19.0. The molecule has 2 aliphatic heterocycles. The lowest BCUT2D eigenvalue weighted by molar-refractivity contribution is -0.267. The first kappa shape index (κ1) is 39.2. The number of benzene rings is 1. The smallest absolute Gasteiger partial charge is 0.420 e. The van der Waals surface area contributed by atoms with Crippen molar-refractivity contribution < 1.29 is 38.1 Å². The molecule has 0 amide bonds. The van der Waals surface area contributed by atoms with Crippen LogP contribution in [0.1, 0.15) is 94.1 Å². The molecular formula is C40H56N2O8. The van der Waals surface area contributed by atoms with Crippen LogP contribution in [0.4, 0.5) is 4.79 Å². The third kappa shape index (κ3) is 8.80. The van der Waals surface area contributed by atoms with Crippen LogP contribution in [0, 0.1) is 35.0 Å². The predicted octanol–water partition coefficient (Wildman–Crippen LogP) is 7.39. The summed E-state index contributed by atoms with van der Waals surface area (Å²) in [7, 11) is 0. The molecule has 50 heavy (non-hydrogen) atoms. The zero-order valence-electron chi connectivity index (χ0n) is 31.4. The number of rotatable bonds is 6. The van der Waals surface area contributed by atoms with Crippen LogP contribution in [0.3, 0.4) is 0 Å². The number of ketones is 2. The maximum atomic E-state index is 14.3. The maximum Gasteiger partial charge on any atom is 0.420 e. The largest absolute Gasteiger partial charge is 0.457 e. The number of carbonyl (C=O) groups is 4. The van der Waals surface area contributed by atoms with Gasteiger partial charge < -0.3 is 18.9 Å². The Morgan fingerprint density at radius 1 is 1.04 bits per heavy atom. The summed E-state index contributed by atoms with van der Waals surface area (Å²) < 4.78 is 26.7. The van der Waals surface area contributed by atoms with Gasteiger partial charge in [-0.15, -0.1) is 0 Å². The number of ether oxygens (including phenoxy) is 4. The number of Topliss-reactive ketones (excluding diaryl/α,β-unsaturated/α-hetero) is 2. The van der Waals surface area contributed by atoms with Crippen molar-refractivity contribution >= 4 is 23.6 Å². The molecule has 10 nitrogen and oxygen atoms in total. The van der Waals surface area contributed by atoms with E-state index in [1.165, 1.54) is 23.3 Å². The average Bonchev–Trinajstić information content (AvgIpc) is 3.62. The Bertz CT molecular complexity index is 1520. The fourth-order valence-electron chi connectivity index (χ4n) is 7.84. The second kappa shape index (κ2) is 16.1. The summed E-state index contributed by atoms with van der Waals surface area (Å²) in [6.07, 6.45) is 4.50. The molecule has 0 N–H and O–H groups in total. The highest BCUT2D eigenvalue weighted by molar-refractivity contribution is 6.00. The van der Waals surface area contributed by atoms with Crippen LogP contribution in [0.2, 0.25) is 0 Å². The molecule has 0 aliphatic carbocycles. The van der Waals surface area contributed by atoms with Crippen molar-refractivity contribution in [1.82, 2.24) is 9.55 Å². The van der Waals surface area contributed by atoms with Gasteiger partial charge in [-0.1, -0.05) is 78.8 Å². The minimum absolute atomic E-state index is 0.00831. The monoisotopic (exact) mass is 692 g/mol. The fourth-order valence-corrected chi connectivity index (χ4v) is 7.84. The second-order valence-electron chi connectivity index (χ2n) is 15.4. The van der Waals surface area contributed by atoms with Gasteiger partial charge in [-0.25, -0.2) is 14.3 Å². The van der Waals surface area contributed by atoms with Gasteiger partial charge in [-0.05, 0) is 68.6 Å². The van der Waals surface area contributed by atoms with E-state index in [1.807, 2.05) is 65.0 Å². The van der Waals surface area contributed by atoms with Gasteiger partial charge in [-0.3, -0.25) is 14.4 Å². The second-order valence-corrected chi connectivity index (χ2v) is 15.4. The van der Waals surface area contributed by atoms with E-state index in [-0.39, 0.29) is 36.4 Å². The van der Waals surface area contributed by atoms with Gasteiger partial charge in [0.15, 0.2) is 23.5 Å². The predicted molar refractivity (Wildman–Crippen MR) is 189 cm³/mol. The van der Waals surface area contributed by atoms with E-state index in [0.717, 1.165) is 12.0 Å². The number of carbonyl (C=O) groups excluding carboxylic acids is 4. The quantitative estimate of drug-likeness (QED) is 0.225. The Balaban J connectivity index is 1.84. The summed E-state index contributed by atoms with van der Waals surface area (Å²) >= 11 is 0. The molecule has 274 valence electrons. The number of nitrogens with zero attached hydrogens (tertiary/aromatic N) is 2. The SMILES string of the molecule is CC[C@H]1OC(=O)[C@H](C)C(=O)[C@H](C)[C@@H](OC2O[C@H](C)C[C@H](C)[C@H]2C)C(C)(C)C[C@@H](C)C(=O)/C(C)=C/[C@]1(Cc1ccccc1)OC(=O)n1ccnc1. The normalized spacial score (nSPS) is 35.4. The van der Waals surface area contributed by atoms with Crippen LogP contribution in [0.15, 0.2) is 60.7 Å². The van der Waals surface area contributed by atoms with Crippen molar-refractivity contribution in [2.24, 2.45) is 35.0 Å². The summed E-state index contributed by atoms with van der Waals surface area (Å²) in [5.41, 5.74) is -1.12. The topological polar surface area (TPSA) is 123 Å². The highest BCUT2D eigenvalue weighted by Gasteiger charge is 2.48. The molecule has 1 saturated heterocycles. The lowest BCUT2D eigenvalue weighted by atomic mass is 9.70. The van der Waals surface area contributed by atoms with Crippen LogP contribution in [-0.4, -0.2) is 63.4 Å². The molecule has 2 aromatic rings. The van der Waals surface area contributed by atoms with Crippen molar-refractivity contribution in [3.8, 4) is 0 Å². The third-order valence-corrected chi connectivity index (χ3v) is 10.8. The van der Waals surface area contributed by atoms with Gasteiger partial charge >= 0.3 is 12.1 Å². The summed E-state index contributed by atoms with van der Waals surface area (Å²) in [6, 6.07) is 9.37. The van der Waals surface area contributed by atoms with E-state index in [1.54, 1.807) is 26.8 Å². The molecular weight excluding hydrogens is 636 g/mol. The summed E-state index contributed by atoms with van der Waals surface area (Å²) in [4.78, 5) is 60.1. The first-order valence-electron chi connectivity index (χ1n) is 18.0. The molecule has 3 heterocycles. The fraction of sp³-hybridized carbons (Fsp3) is 0.625. The van der Waals surface area contributed by atoms with Gasteiger partial charge in [0.25, 0.3) is 0 Å². The van der Waals surface area contributed by atoms with E-state index in [0.29, 0.717) is 17.9 Å². The van der Waals surface area contributed by atoms with E-state index in [9.17, 15) is 19.2 Å². The van der Waals surface area contributed by atoms with Gasteiger partial charge in [0, 0.05) is 36.6 Å². The van der Waals surface area contributed by atoms with Crippen molar-refractivity contribution in [3.05, 3.63) is 66.3 Å². The molecule has 4 rings (SSSR count). The summed E-state index contributed by atoms with van der Waals surface area (Å²) in [5, 5.41) is 0. The molecule has 1 aromatic carbocycles. The van der Waals surface area contributed by atoms with E-state index < -0.39 is 59.3 Å². The number of hydrogen-bond donors (Lipinski definition) is 0. The molecule has 1 unspecified atom stereocenters. The minimum atomic E-state index is -1.60. The van der Waals surface area contributed by atoms with Crippen LogP contribution in [-0.2, 0) is 39.8 Å². The molecule has 1 aromatic heterocycles. The number of aromatic nitrogens is 2. The zero-order chi connectivity index (χ0) is 37.0. The van der Waals surface area contributed by atoms with Gasteiger partial charge in [0.05, 0.1) is 12.2 Å². The highest BCUT2D eigenvalue weighted by Crippen LogP contribution is 2.42. The van der Waals surface area contributed by atoms with E-state index in [4.69, 9.17) is 18.9 Å². The van der Waals surface area contributed by atoms with Crippen LogP contribution >= 0.6 is 0 Å². The number of esters is 1. The molecule has 0 spiro atoms. The molecule has 10 atom stereocenters. The molecule has 1 fully saturated rings. The summed E-state index contributed by atoms with van der Waals surface area (Å²) in [5.74, 6) is -3.16. The Kier molecular flexibility index (Phi) is 12.6. The van der Waals surface area contributed by atoms with Crippen LogP contribution in [0.25, 0.3) is 0 Å². The molecule has 0 bridgehead atoms. The first-order chi connectivity index (χ1) is 23.5. The lowest BCUT2D eigenvalue weighted by Gasteiger charge is -2.45. The average molecular weight is 693 g/mol. The number of imidazole rings is 1. The van der Waals surface area contributed by atoms with E-state index in [2.05, 4.69) is 18.8 Å². The molecule has 10 heteroatoms. The number of hydrogen-bond acceptors (Lipinski definition) is 9. The molecule has 0 radical (unpaired) electrons. The van der Waals surface area contributed by atoms with Gasteiger partial charge in [0.1, 0.15) is 18.3 Å². The number of allylic oxidation sites excluding steroid dienone is 1. The standard InChI is InChI=1S/C40H56N2O8/c1-11-32-40(22-31-15-13-12-14-16-31,50-38(46)42-18-17-41-23-42)21-26(4)33(43)25(3)20-39(9,10)35(29(7)34(44)30(8)36(45)48-32)49-37-28(6)24(2)19-27(5)47-37/h12-18,21,23-25,27-30,32,35,37H,11,19-20,22H2,1-10H3/b26-21+/t24-,25+,27+,28+,29-,30+,32+,35+,37?,40+/m0/s1. The Morgan fingerprint density at radius 2 is 1.72 bits per heavy atom.